The summed E-state index contributed by atoms with van der Waals surface area (Å²) in [6, 6.07) is 13.4. The van der Waals surface area contributed by atoms with Crippen LogP contribution in [0.5, 0.6) is 0 Å². The SMILES string of the molecule is CN(C(=O)c1ccc2cc[nH]c2c1)c1cccc(F)c1. The number of rotatable bonds is 2. The molecule has 0 atom stereocenters. The van der Waals surface area contributed by atoms with Crippen LogP contribution in [-0.2, 0) is 0 Å². The van der Waals surface area contributed by atoms with E-state index >= 15 is 0 Å². The van der Waals surface area contributed by atoms with Crippen LogP contribution in [-0.4, -0.2) is 17.9 Å². The molecule has 0 saturated carbocycles. The molecule has 100 valence electrons. The molecule has 1 N–H and O–H groups in total. The molecule has 20 heavy (non-hydrogen) atoms. The molecule has 0 aliphatic rings. The van der Waals surface area contributed by atoms with E-state index in [-0.39, 0.29) is 11.7 Å². The summed E-state index contributed by atoms with van der Waals surface area (Å²) in [7, 11) is 1.63. The third-order valence-corrected chi connectivity index (χ3v) is 3.30. The van der Waals surface area contributed by atoms with Crippen molar-refractivity contribution in [1.29, 1.82) is 0 Å². The van der Waals surface area contributed by atoms with Gasteiger partial charge in [0.15, 0.2) is 0 Å². The number of fused-ring (bicyclic) bond motifs is 1. The highest BCUT2D eigenvalue weighted by Gasteiger charge is 2.14. The minimum atomic E-state index is -0.359. The van der Waals surface area contributed by atoms with Crippen LogP contribution in [0.3, 0.4) is 0 Å². The molecule has 0 spiro atoms. The zero-order valence-corrected chi connectivity index (χ0v) is 10.9. The van der Waals surface area contributed by atoms with Gasteiger partial charge in [0.1, 0.15) is 5.82 Å². The first kappa shape index (κ1) is 12.4. The van der Waals surface area contributed by atoms with Gasteiger partial charge in [0.25, 0.3) is 5.91 Å². The summed E-state index contributed by atoms with van der Waals surface area (Å²) in [5.41, 5.74) is 2.00. The van der Waals surface area contributed by atoms with Crippen molar-refractivity contribution in [3.63, 3.8) is 0 Å². The summed E-state index contributed by atoms with van der Waals surface area (Å²) in [4.78, 5) is 16.9. The fourth-order valence-electron chi connectivity index (χ4n) is 2.18. The molecule has 1 heterocycles. The molecule has 1 amide bonds. The molecule has 3 rings (SSSR count). The Morgan fingerprint density at radius 2 is 2.00 bits per heavy atom. The maximum Gasteiger partial charge on any atom is 0.258 e. The van der Waals surface area contributed by atoms with Crippen LogP contribution < -0.4 is 4.90 Å². The zero-order valence-electron chi connectivity index (χ0n) is 10.9. The van der Waals surface area contributed by atoms with E-state index < -0.39 is 0 Å². The standard InChI is InChI=1S/C16H13FN2O/c1-19(14-4-2-3-13(17)10-14)16(20)12-6-5-11-7-8-18-15(11)9-12/h2-10,18H,1H3. The summed E-state index contributed by atoms with van der Waals surface area (Å²) in [6.45, 7) is 0. The van der Waals surface area contributed by atoms with E-state index in [2.05, 4.69) is 4.98 Å². The van der Waals surface area contributed by atoms with Crippen molar-refractivity contribution in [2.75, 3.05) is 11.9 Å². The maximum absolute atomic E-state index is 13.2. The molecule has 3 nitrogen and oxygen atoms in total. The van der Waals surface area contributed by atoms with E-state index in [0.29, 0.717) is 11.3 Å². The fraction of sp³-hybridized carbons (Fsp3) is 0.0625. The van der Waals surface area contributed by atoms with Gasteiger partial charge in [-0.3, -0.25) is 4.79 Å². The van der Waals surface area contributed by atoms with E-state index in [1.807, 2.05) is 18.3 Å². The van der Waals surface area contributed by atoms with Gasteiger partial charge in [0.2, 0.25) is 0 Å². The lowest BCUT2D eigenvalue weighted by Gasteiger charge is -2.17. The van der Waals surface area contributed by atoms with Gasteiger partial charge < -0.3 is 9.88 Å². The molecule has 0 aliphatic heterocycles. The summed E-state index contributed by atoms with van der Waals surface area (Å²) >= 11 is 0. The number of benzene rings is 2. The third-order valence-electron chi connectivity index (χ3n) is 3.30. The summed E-state index contributed by atoms with van der Waals surface area (Å²) in [5.74, 6) is -0.533. The monoisotopic (exact) mass is 268 g/mol. The van der Waals surface area contributed by atoms with E-state index in [0.717, 1.165) is 10.9 Å². The van der Waals surface area contributed by atoms with Crippen LogP contribution in [0.25, 0.3) is 10.9 Å². The zero-order chi connectivity index (χ0) is 14.1. The normalized spacial score (nSPS) is 10.7. The van der Waals surface area contributed by atoms with Crippen molar-refractivity contribution in [2.24, 2.45) is 0 Å². The molecule has 0 radical (unpaired) electrons. The Hall–Kier alpha value is -2.62. The molecule has 4 heteroatoms. The maximum atomic E-state index is 13.2. The number of aromatic nitrogens is 1. The van der Waals surface area contributed by atoms with Crippen molar-refractivity contribution in [2.45, 2.75) is 0 Å². The number of carbonyl (C=O) groups is 1. The lowest BCUT2D eigenvalue weighted by molar-refractivity contribution is 0.0993. The minimum absolute atomic E-state index is 0.174. The predicted molar refractivity (Wildman–Crippen MR) is 77.4 cm³/mol. The number of anilines is 1. The minimum Gasteiger partial charge on any atom is -0.361 e. The Morgan fingerprint density at radius 1 is 1.15 bits per heavy atom. The van der Waals surface area contributed by atoms with Crippen LogP contribution in [0.1, 0.15) is 10.4 Å². The molecule has 1 aromatic heterocycles. The van der Waals surface area contributed by atoms with Crippen LogP contribution in [0.2, 0.25) is 0 Å². The second-order valence-corrected chi connectivity index (χ2v) is 4.62. The molecule has 0 bridgehead atoms. The molecule has 0 saturated heterocycles. The van der Waals surface area contributed by atoms with Crippen molar-refractivity contribution in [3.8, 4) is 0 Å². The molecule has 3 aromatic rings. The lowest BCUT2D eigenvalue weighted by Crippen LogP contribution is -2.26. The van der Waals surface area contributed by atoms with Crippen molar-refractivity contribution in [1.82, 2.24) is 4.98 Å². The number of hydrogen-bond acceptors (Lipinski definition) is 1. The van der Waals surface area contributed by atoms with Crippen LogP contribution in [0, 0.1) is 5.82 Å². The van der Waals surface area contributed by atoms with Gasteiger partial charge in [0, 0.05) is 30.0 Å². The fourth-order valence-corrected chi connectivity index (χ4v) is 2.18. The predicted octanol–water partition coefficient (Wildman–Crippen LogP) is 3.58. The topological polar surface area (TPSA) is 36.1 Å². The number of halogens is 1. The first-order chi connectivity index (χ1) is 9.65. The van der Waals surface area contributed by atoms with Crippen LogP contribution in [0.15, 0.2) is 54.7 Å². The van der Waals surface area contributed by atoms with Gasteiger partial charge in [-0.15, -0.1) is 0 Å². The largest absolute Gasteiger partial charge is 0.361 e. The van der Waals surface area contributed by atoms with Gasteiger partial charge in [-0.1, -0.05) is 12.1 Å². The lowest BCUT2D eigenvalue weighted by atomic mass is 10.1. The Balaban J connectivity index is 1.94. The first-order valence-electron chi connectivity index (χ1n) is 6.26. The number of nitrogens with one attached hydrogen (secondary N) is 1. The van der Waals surface area contributed by atoms with Crippen LogP contribution >= 0.6 is 0 Å². The van der Waals surface area contributed by atoms with Crippen molar-refractivity contribution >= 4 is 22.5 Å². The Bertz CT molecular complexity index is 779. The number of nitrogens with zero attached hydrogens (tertiary/aromatic N) is 1. The third kappa shape index (κ3) is 2.16. The number of H-pyrrole nitrogens is 1. The highest BCUT2D eigenvalue weighted by molar-refractivity contribution is 6.07. The molecule has 0 aliphatic carbocycles. The smallest absolute Gasteiger partial charge is 0.258 e. The number of hydrogen-bond donors (Lipinski definition) is 1. The number of carbonyl (C=O) groups excluding carboxylic acids is 1. The Kier molecular flexibility index (Phi) is 2.99. The number of aromatic amines is 1. The van der Waals surface area contributed by atoms with E-state index in [1.165, 1.54) is 17.0 Å². The van der Waals surface area contributed by atoms with E-state index in [9.17, 15) is 9.18 Å². The second kappa shape index (κ2) is 4.81. The van der Waals surface area contributed by atoms with Crippen molar-refractivity contribution < 1.29 is 9.18 Å². The highest BCUT2D eigenvalue weighted by Crippen LogP contribution is 2.19. The van der Waals surface area contributed by atoms with Crippen LogP contribution in [0.4, 0.5) is 10.1 Å². The summed E-state index contributed by atoms with van der Waals surface area (Å²) < 4.78 is 13.2. The highest BCUT2D eigenvalue weighted by atomic mass is 19.1. The molecule has 0 fully saturated rings. The van der Waals surface area contributed by atoms with Gasteiger partial charge in [-0.05, 0) is 41.8 Å². The first-order valence-corrected chi connectivity index (χ1v) is 6.26. The summed E-state index contributed by atoms with van der Waals surface area (Å²) in [5, 5.41) is 1.05. The average Bonchev–Trinajstić information content (AvgIpc) is 2.93. The van der Waals surface area contributed by atoms with E-state index in [1.54, 1.807) is 31.3 Å². The molecular weight excluding hydrogens is 255 g/mol. The van der Waals surface area contributed by atoms with E-state index in [4.69, 9.17) is 0 Å². The number of amides is 1. The molecular formula is C16H13FN2O. The van der Waals surface area contributed by atoms with Gasteiger partial charge >= 0.3 is 0 Å². The van der Waals surface area contributed by atoms with Gasteiger partial charge in [-0.25, -0.2) is 4.39 Å². The molecule has 0 unspecified atom stereocenters. The Morgan fingerprint density at radius 3 is 2.80 bits per heavy atom. The summed E-state index contributed by atoms with van der Waals surface area (Å²) in [6.07, 6.45) is 1.83. The molecule has 2 aromatic carbocycles. The van der Waals surface area contributed by atoms with Gasteiger partial charge in [0.05, 0.1) is 0 Å². The quantitative estimate of drug-likeness (QED) is 0.757. The average molecular weight is 268 g/mol. The second-order valence-electron chi connectivity index (χ2n) is 4.62. The van der Waals surface area contributed by atoms with Crippen molar-refractivity contribution in [3.05, 3.63) is 66.1 Å². The Labute approximate surface area is 115 Å². The van der Waals surface area contributed by atoms with Gasteiger partial charge in [-0.2, -0.15) is 0 Å².